The highest BCUT2D eigenvalue weighted by Crippen LogP contribution is 2.57. The number of carbonyl (C=O) groups is 4. The highest BCUT2D eigenvalue weighted by atomic mass is 16.5. The van der Waals surface area contributed by atoms with Gasteiger partial charge in [0.2, 0.25) is 11.8 Å². The van der Waals surface area contributed by atoms with Gasteiger partial charge in [0.15, 0.2) is 23.1 Å². The van der Waals surface area contributed by atoms with Crippen molar-refractivity contribution in [3.63, 3.8) is 0 Å². The molecule has 4 atom stereocenters. The summed E-state index contributed by atoms with van der Waals surface area (Å²) in [6.07, 6.45) is 3.78. The molecule has 0 spiro atoms. The first-order valence-electron chi connectivity index (χ1n) is 15.2. The lowest BCUT2D eigenvalue weighted by Crippen LogP contribution is -2.39. The lowest BCUT2D eigenvalue weighted by Gasteiger charge is -2.42. The van der Waals surface area contributed by atoms with Gasteiger partial charge in [-0.3, -0.25) is 24.1 Å². The van der Waals surface area contributed by atoms with Crippen LogP contribution in [0.5, 0.6) is 11.5 Å². The van der Waals surface area contributed by atoms with E-state index in [0.29, 0.717) is 41.0 Å². The van der Waals surface area contributed by atoms with E-state index in [1.165, 1.54) is 11.0 Å². The van der Waals surface area contributed by atoms with Crippen LogP contribution in [0, 0.1) is 17.8 Å². The number of nitrogens with zero attached hydrogens (tertiary/aromatic N) is 1. The largest absolute Gasteiger partial charge is 0.504 e. The van der Waals surface area contributed by atoms with E-state index in [-0.39, 0.29) is 41.3 Å². The molecular formula is C37H32N2O6. The van der Waals surface area contributed by atoms with E-state index in [1.807, 2.05) is 55.5 Å². The van der Waals surface area contributed by atoms with Gasteiger partial charge in [-0.2, -0.15) is 0 Å². The first kappa shape index (κ1) is 28.5. The number of aromatic hydroxyl groups is 1. The van der Waals surface area contributed by atoms with Gasteiger partial charge in [-0.1, -0.05) is 42.0 Å². The third kappa shape index (κ3) is 4.60. The van der Waals surface area contributed by atoms with E-state index in [1.54, 1.807) is 37.3 Å². The number of ketones is 2. The molecule has 2 amide bonds. The molecular weight excluding hydrogens is 568 g/mol. The number of fused-ring (bicyclic) bond motifs is 3. The molecule has 0 radical (unpaired) electrons. The van der Waals surface area contributed by atoms with Crippen LogP contribution in [0.1, 0.15) is 38.2 Å². The number of para-hydroxylation sites is 2. The first-order chi connectivity index (χ1) is 21.8. The quantitative estimate of drug-likeness (QED) is 0.198. The van der Waals surface area contributed by atoms with E-state index >= 15 is 0 Å². The summed E-state index contributed by atoms with van der Waals surface area (Å²) < 4.78 is 5.65. The van der Waals surface area contributed by atoms with E-state index in [4.69, 9.17) is 4.74 Å². The molecule has 1 heterocycles. The number of hydrogen-bond donors (Lipinski definition) is 2. The number of amides is 2. The van der Waals surface area contributed by atoms with Gasteiger partial charge >= 0.3 is 0 Å². The number of hydrogen-bond acceptors (Lipinski definition) is 7. The second-order valence-electron chi connectivity index (χ2n) is 11.9. The molecule has 4 unspecified atom stereocenters. The van der Waals surface area contributed by atoms with Gasteiger partial charge in [0.1, 0.15) is 0 Å². The summed E-state index contributed by atoms with van der Waals surface area (Å²) >= 11 is 0. The van der Waals surface area contributed by atoms with Gasteiger partial charge in [-0.15, -0.1) is 0 Å². The van der Waals surface area contributed by atoms with Gasteiger partial charge < -0.3 is 15.2 Å². The number of nitrogens with one attached hydrogen (secondary N) is 1. The minimum absolute atomic E-state index is 0.106. The summed E-state index contributed by atoms with van der Waals surface area (Å²) in [6, 6.07) is 22.0. The molecule has 3 aromatic rings. The standard InChI is InChI=1S/C37H32N2O6/c1-3-45-30-11-7-10-25(35(30)42)31-24-16-17-26-32(27(24)19-28-33(31)29(40)18-20(2)34(28)41)37(44)39(36(26)43)23-14-12-22(13-15-23)38-21-8-5-4-6-9-21/h4-16,18,26-27,31-32,38,42H,3,17,19H2,1-2H3. The summed E-state index contributed by atoms with van der Waals surface area (Å²) in [5.74, 6) is -3.49. The highest BCUT2D eigenvalue weighted by molar-refractivity contribution is 6.25. The summed E-state index contributed by atoms with van der Waals surface area (Å²) in [4.78, 5) is 56.4. The molecule has 8 heteroatoms. The molecule has 3 aliphatic carbocycles. The Balaban J connectivity index is 1.26. The van der Waals surface area contributed by atoms with Crippen molar-refractivity contribution in [2.45, 2.75) is 32.6 Å². The average molecular weight is 601 g/mol. The summed E-state index contributed by atoms with van der Waals surface area (Å²) in [7, 11) is 0. The smallest absolute Gasteiger partial charge is 0.238 e. The van der Waals surface area contributed by atoms with Crippen molar-refractivity contribution in [3.8, 4) is 11.5 Å². The number of phenolic OH excluding ortho intramolecular Hbond substituents is 1. The van der Waals surface area contributed by atoms with Crippen molar-refractivity contribution in [1.29, 1.82) is 0 Å². The predicted molar refractivity (Wildman–Crippen MR) is 169 cm³/mol. The third-order valence-corrected chi connectivity index (χ3v) is 9.39. The highest BCUT2D eigenvalue weighted by Gasteiger charge is 2.56. The van der Waals surface area contributed by atoms with E-state index < -0.39 is 23.7 Å². The maximum Gasteiger partial charge on any atom is 0.238 e. The van der Waals surface area contributed by atoms with Crippen LogP contribution in [0.2, 0.25) is 0 Å². The number of anilines is 3. The summed E-state index contributed by atoms with van der Waals surface area (Å²) in [5.41, 5.74) is 4.45. The third-order valence-electron chi connectivity index (χ3n) is 9.39. The monoisotopic (exact) mass is 600 g/mol. The number of benzene rings is 3. The van der Waals surface area contributed by atoms with Crippen molar-refractivity contribution >= 4 is 40.4 Å². The van der Waals surface area contributed by atoms with Crippen molar-refractivity contribution in [3.05, 3.63) is 113 Å². The Labute approximate surface area is 260 Å². The Morgan fingerprint density at radius 2 is 1.62 bits per heavy atom. The zero-order valence-electron chi connectivity index (χ0n) is 24.9. The van der Waals surface area contributed by atoms with Gasteiger partial charge in [0.05, 0.1) is 24.1 Å². The zero-order chi connectivity index (χ0) is 31.4. The van der Waals surface area contributed by atoms with Crippen LogP contribution >= 0.6 is 0 Å². The molecule has 1 aliphatic heterocycles. The van der Waals surface area contributed by atoms with Gasteiger partial charge in [-0.05, 0) is 81.1 Å². The number of imide groups is 1. The molecule has 0 bridgehead atoms. The maximum absolute atomic E-state index is 14.2. The van der Waals surface area contributed by atoms with E-state index in [0.717, 1.165) is 16.9 Å². The van der Waals surface area contributed by atoms with Crippen LogP contribution in [-0.4, -0.2) is 35.1 Å². The van der Waals surface area contributed by atoms with Crippen LogP contribution < -0.4 is 15.0 Å². The number of phenols is 1. The van der Waals surface area contributed by atoms with Crippen LogP contribution in [0.15, 0.2) is 107 Å². The second kappa shape index (κ2) is 11.0. The number of allylic oxidation sites excluding steroid dienone is 6. The molecule has 7 rings (SSSR count). The topological polar surface area (TPSA) is 113 Å². The van der Waals surface area contributed by atoms with Gasteiger partial charge in [0.25, 0.3) is 0 Å². The van der Waals surface area contributed by atoms with Gasteiger partial charge in [0, 0.05) is 39.6 Å². The Hall–Kier alpha value is -5.24. The second-order valence-corrected chi connectivity index (χ2v) is 11.9. The first-order valence-corrected chi connectivity index (χ1v) is 15.2. The van der Waals surface area contributed by atoms with Crippen LogP contribution in [-0.2, 0) is 19.2 Å². The molecule has 3 aromatic carbocycles. The summed E-state index contributed by atoms with van der Waals surface area (Å²) in [6.45, 7) is 3.76. The molecule has 0 saturated carbocycles. The molecule has 1 saturated heterocycles. The predicted octanol–water partition coefficient (Wildman–Crippen LogP) is 6.17. The zero-order valence-corrected chi connectivity index (χ0v) is 24.9. The van der Waals surface area contributed by atoms with Crippen LogP contribution in [0.25, 0.3) is 0 Å². The summed E-state index contributed by atoms with van der Waals surface area (Å²) in [5, 5.41) is 14.6. The maximum atomic E-state index is 14.2. The molecule has 2 N–H and O–H groups in total. The normalized spacial score (nSPS) is 24.1. The Morgan fingerprint density at radius 3 is 2.36 bits per heavy atom. The SMILES string of the molecule is CCOc1cccc(C2C3=CCC4C(=O)N(c5ccc(Nc6ccccc6)cc5)C(=O)C4C3CC3=C2C(=O)C=C(C)C3=O)c1O. The molecule has 226 valence electrons. The minimum atomic E-state index is -0.749. The number of carbonyl (C=O) groups excluding carboxylic acids is 4. The molecule has 0 aromatic heterocycles. The molecule has 45 heavy (non-hydrogen) atoms. The van der Waals surface area contributed by atoms with E-state index in [2.05, 4.69) is 5.32 Å². The fourth-order valence-electron chi connectivity index (χ4n) is 7.42. The van der Waals surface area contributed by atoms with Crippen molar-refractivity contribution in [2.24, 2.45) is 17.8 Å². The Bertz CT molecular complexity index is 1850. The Kier molecular flexibility index (Phi) is 7.00. The minimum Gasteiger partial charge on any atom is -0.504 e. The fraction of sp³-hybridized carbons (Fsp3) is 0.243. The molecule has 8 nitrogen and oxygen atoms in total. The molecule has 1 fully saturated rings. The molecule has 4 aliphatic rings. The van der Waals surface area contributed by atoms with Crippen molar-refractivity contribution < 1.29 is 29.0 Å². The van der Waals surface area contributed by atoms with Crippen molar-refractivity contribution in [1.82, 2.24) is 0 Å². The van der Waals surface area contributed by atoms with Crippen molar-refractivity contribution in [2.75, 3.05) is 16.8 Å². The fourth-order valence-corrected chi connectivity index (χ4v) is 7.42. The lowest BCUT2D eigenvalue weighted by molar-refractivity contribution is -0.123. The number of Topliss-reactive ketones (excluding diaryl/α,β-unsaturated/α-hetero) is 1. The van der Waals surface area contributed by atoms with Crippen LogP contribution in [0.3, 0.4) is 0 Å². The van der Waals surface area contributed by atoms with E-state index in [9.17, 15) is 24.3 Å². The number of ether oxygens (including phenoxy) is 1. The Morgan fingerprint density at radius 1 is 0.889 bits per heavy atom. The average Bonchev–Trinajstić information content (AvgIpc) is 3.30. The van der Waals surface area contributed by atoms with Crippen LogP contribution in [0.4, 0.5) is 17.1 Å². The number of rotatable bonds is 6. The lowest BCUT2D eigenvalue weighted by atomic mass is 9.59. The van der Waals surface area contributed by atoms with Gasteiger partial charge in [-0.25, -0.2) is 0 Å².